The molecule has 1 heterocycles. The van der Waals surface area contributed by atoms with Crippen LogP contribution in [0, 0.1) is 17.7 Å². The number of fused-ring (bicyclic) bond motifs is 1. The van der Waals surface area contributed by atoms with Gasteiger partial charge in [-0.3, -0.25) is 4.79 Å². The molecule has 0 fully saturated rings. The van der Waals surface area contributed by atoms with Crippen LogP contribution in [-0.4, -0.2) is 27.9 Å². The van der Waals surface area contributed by atoms with E-state index in [1.165, 1.54) is 45.5 Å². The van der Waals surface area contributed by atoms with Crippen LogP contribution in [0.1, 0.15) is 92.7 Å². The zero-order valence-corrected chi connectivity index (χ0v) is 31.3. The maximum Gasteiger partial charge on any atom is 0.239 e. The van der Waals surface area contributed by atoms with E-state index in [1.807, 2.05) is 18.2 Å². The Morgan fingerprint density at radius 3 is 2.22 bits per heavy atom. The molecular formula is C43H59FN4O. The second-order valence-corrected chi connectivity index (χ2v) is 13.8. The summed E-state index contributed by atoms with van der Waals surface area (Å²) in [6.45, 7) is 19.5. The zero-order chi connectivity index (χ0) is 36.1. The van der Waals surface area contributed by atoms with Crippen LogP contribution in [0.5, 0.6) is 0 Å². The van der Waals surface area contributed by atoms with E-state index in [4.69, 9.17) is 5.73 Å². The SMILES string of the molecule is C/C=C(/C)C1C=CC=CC1C.CCC(C)=C(CCc1c[nH]c2ccccc12)N(Cc1ccc(F)cc1)/C(CNC(=O)C(C)(C)N)=C(\C)CC. The average molecular weight is 667 g/mol. The predicted molar refractivity (Wildman–Crippen MR) is 206 cm³/mol. The van der Waals surface area contributed by atoms with Gasteiger partial charge in [-0.2, -0.15) is 0 Å². The summed E-state index contributed by atoms with van der Waals surface area (Å²) in [6.07, 6.45) is 16.6. The monoisotopic (exact) mass is 666 g/mol. The number of benzene rings is 2. The van der Waals surface area contributed by atoms with E-state index in [-0.39, 0.29) is 11.7 Å². The molecule has 0 aliphatic heterocycles. The number of halogens is 1. The lowest BCUT2D eigenvalue weighted by Gasteiger charge is -2.34. The Balaban J connectivity index is 0.000000501. The lowest BCUT2D eigenvalue weighted by atomic mass is 9.85. The fourth-order valence-electron chi connectivity index (χ4n) is 6.05. The molecular weight excluding hydrogens is 607 g/mol. The molecule has 0 bridgehead atoms. The smallest absolute Gasteiger partial charge is 0.239 e. The van der Waals surface area contributed by atoms with Crippen LogP contribution in [0.3, 0.4) is 0 Å². The van der Waals surface area contributed by atoms with Gasteiger partial charge in [-0.1, -0.05) is 98.2 Å². The van der Waals surface area contributed by atoms with E-state index in [9.17, 15) is 9.18 Å². The number of amides is 1. The fraction of sp³-hybridized carbons (Fsp3) is 0.419. The molecule has 4 rings (SSSR count). The third-order valence-electron chi connectivity index (χ3n) is 9.65. The number of aryl methyl sites for hydroxylation is 1. The van der Waals surface area contributed by atoms with Gasteiger partial charge in [-0.15, -0.1) is 0 Å². The summed E-state index contributed by atoms with van der Waals surface area (Å²) >= 11 is 0. The van der Waals surface area contributed by atoms with E-state index in [2.05, 4.69) is 118 Å². The summed E-state index contributed by atoms with van der Waals surface area (Å²) in [5, 5.41) is 4.31. The van der Waals surface area contributed by atoms with E-state index >= 15 is 0 Å². The first-order chi connectivity index (χ1) is 23.3. The maximum absolute atomic E-state index is 13.7. The van der Waals surface area contributed by atoms with Crippen molar-refractivity contribution in [3.63, 3.8) is 0 Å². The van der Waals surface area contributed by atoms with Crippen LogP contribution < -0.4 is 11.1 Å². The van der Waals surface area contributed by atoms with Crippen molar-refractivity contribution in [2.75, 3.05) is 6.54 Å². The van der Waals surface area contributed by atoms with Crippen LogP contribution in [0.4, 0.5) is 4.39 Å². The van der Waals surface area contributed by atoms with Crippen LogP contribution in [-0.2, 0) is 17.8 Å². The Morgan fingerprint density at radius 1 is 0.980 bits per heavy atom. The minimum Gasteiger partial charge on any atom is -0.361 e. The van der Waals surface area contributed by atoms with E-state index in [1.54, 1.807) is 13.8 Å². The highest BCUT2D eigenvalue weighted by atomic mass is 19.1. The van der Waals surface area contributed by atoms with Gasteiger partial charge in [0.15, 0.2) is 0 Å². The van der Waals surface area contributed by atoms with Gasteiger partial charge in [0.05, 0.1) is 12.1 Å². The average Bonchev–Trinajstić information content (AvgIpc) is 3.51. The van der Waals surface area contributed by atoms with Crippen molar-refractivity contribution < 1.29 is 9.18 Å². The molecule has 0 spiro atoms. The zero-order valence-electron chi connectivity index (χ0n) is 31.3. The number of aromatic amines is 1. The third kappa shape index (κ3) is 11.2. The van der Waals surface area contributed by atoms with Crippen LogP contribution in [0.2, 0.25) is 0 Å². The van der Waals surface area contributed by atoms with Crippen molar-refractivity contribution in [3.05, 3.63) is 130 Å². The molecule has 3 aromatic rings. The highest BCUT2D eigenvalue weighted by Crippen LogP contribution is 2.30. The van der Waals surface area contributed by atoms with Gasteiger partial charge in [0, 0.05) is 41.0 Å². The van der Waals surface area contributed by atoms with Gasteiger partial charge in [0.2, 0.25) is 5.91 Å². The lowest BCUT2D eigenvalue weighted by Crippen LogP contribution is -2.50. The molecule has 2 atom stereocenters. The van der Waals surface area contributed by atoms with Gasteiger partial charge in [-0.25, -0.2) is 4.39 Å². The molecule has 0 radical (unpaired) electrons. The fourth-order valence-corrected chi connectivity index (χ4v) is 6.05. The topological polar surface area (TPSA) is 74.2 Å². The molecule has 49 heavy (non-hydrogen) atoms. The van der Waals surface area contributed by atoms with Gasteiger partial charge in [0.1, 0.15) is 5.82 Å². The van der Waals surface area contributed by atoms with E-state index in [0.717, 1.165) is 42.5 Å². The van der Waals surface area contributed by atoms with Crippen molar-refractivity contribution in [1.29, 1.82) is 0 Å². The number of H-pyrrole nitrogens is 1. The Morgan fingerprint density at radius 2 is 1.61 bits per heavy atom. The number of nitrogens with one attached hydrogen (secondary N) is 2. The van der Waals surface area contributed by atoms with Gasteiger partial charge < -0.3 is 20.9 Å². The minimum absolute atomic E-state index is 0.197. The number of hydrogen-bond donors (Lipinski definition) is 3. The minimum atomic E-state index is -0.972. The third-order valence-corrected chi connectivity index (χ3v) is 9.65. The van der Waals surface area contributed by atoms with E-state index in [0.29, 0.717) is 24.9 Å². The molecule has 0 saturated carbocycles. The number of allylic oxidation sites excluding steroid dienone is 9. The summed E-state index contributed by atoms with van der Waals surface area (Å²) in [4.78, 5) is 18.5. The predicted octanol–water partition coefficient (Wildman–Crippen LogP) is 10.3. The quantitative estimate of drug-likeness (QED) is 0.159. The number of rotatable bonds is 13. The second kappa shape index (κ2) is 18.6. The van der Waals surface area contributed by atoms with Crippen LogP contribution >= 0.6 is 0 Å². The number of aromatic nitrogens is 1. The summed E-state index contributed by atoms with van der Waals surface area (Å²) in [6, 6.07) is 15.0. The molecule has 1 aromatic heterocycles. The summed E-state index contributed by atoms with van der Waals surface area (Å²) in [5.74, 6) is 0.844. The Kier molecular flexibility index (Phi) is 14.9. The number of carbonyl (C=O) groups excluding carboxylic acids is 1. The van der Waals surface area contributed by atoms with E-state index < -0.39 is 5.54 Å². The number of hydrogen-bond acceptors (Lipinski definition) is 3. The number of carbonyl (C=O) groups is 1. The standard InChI is InChI=1S/C32H43FN4O.C11H16/c1-7-22(3)29(18-15-25-19-35-28-12-10-9-11-27(25)28)37(21-24-13-16-26(33)17-14-24)30(23(4)8-2)20-36-31(38)32(5,6)34;1-4-9(2)11-8-6-5-7-10(11)3/h9-14,16-17,19,35H,7-8,15,18,20-21,34H2,1-6H3,(H,36,38);4-8,10-11H,1-3H3/b29-22?,30-23+;9-4-. The Bertz CT molecular complexity index is 1680. The number of nitrogens with zero attached hydrogens (tertiary/aromatic N) is 1. The molecule has 264 valence electrons. The molecule has 2 aromatic carbocycles. The normalized spacial score (nSPS) is 17.2. The van der Waals surface area contributed by atoms with Crippen molar-refractivity contribution in [1.82, 2.24) is 15.2 Å². The highest BCUT2D eigenvalue weighted by Gasteiger charge is 2.25. The number of nitrogens with two attached hydrogens (primary N) is 1. The first-order valence-electron chi connectivity index (χ1n) is 17.8. The second-order valence-electron chi connectivity index (χ2n) is 13.8. The first kappa shape index (κ1) is 39.3. The molecule has 1 aliphatic carbocycles. The van der Waals surface area contributed by atoms with Crippen LogP contribution in [0.15, 0.2) is 113 Å². The van der Waals surface area contributed by atoms with Gasteiger partial charge >= 0.3 is 0 Å². The van der Waals surface area contributed by atoms with Crippen molar-refractivity contribution in [3.8, 4) is 0 Å². The largest absolute Gasteiger partial charge is 0.361 e. The molecule has 2 unspecified atom stereocenters. The summed E-state index contributed by atoms with van der Waals surface area (Å²) in [5.41, 5.74) is 14.8. The van der Waals surface area contributed by atoms with Crippen molar-refractivity contribution in [2.24, 2.45) is 17.6 Å². The first-order valence-corrected chi connectivity index (χ1v) is 17.8. The van der Waals surface area contributed by atoms with Crippen molar-refractivity contribution in [2.45, 2.75) is 100 Å². The van der Waals surface area contributed by atoms with Crippen molar-refractivity contribution >= 4 is 16.8 Å². The van der Waals surface area contributed by atoms with Gasteiger partial charge in [0.25, 0.3) is 0 Å². The number of para-hydroxylation sites is 1. The molecule has 1 amide bonds. The molecule has 1 aliphatic rings. The van der Waals surface area contributed by atoms with Crippen LogP contribution in [0.25, 0.3) is 10.9 Å². The molecule has 5 nitrogen and oxygen atoms in total. The molecule has 0 saturated heterocycles. The Hall–Kier alpha value is -4.16. The van der Waals surface area contributed by atoms with Gasteiger partial charge in [-0.05, 0) is 102 Å². The molecule has 4 N–H and O–H groups in total. The lowest BCUT2D eigenvalue weighted by molar-refractivity contribution is -0.125. The molecule has 6 heteroatoms. The summed E-state index contributed by atoms with van der Waals surface area (Å²) in [7, 11) is 0. The Labute approximate surface area is 294 Å². The highest BCUT2D eigenvalue weighted by molar-refractivity contribution is 5.85. The maximum atomic E-state index is 13.7. The summed E-state index contributed by atoms with van der Waals surface area (Å²) < 4.78 is 13.7.